The number of aryl methyl sites for hydroxylation is 1. The minimum Gasteiger partial charge on any atom is -0.481 e. The molecule has 1 aliphatic heterocycles. The average molecular weight is 518 g/mol. The number of hydrogen-bond donors (Lipinski definition) is 3. The van der Waals surface area contributed by atoms with Crippen LogP contribution in [-0.4, -0.2) is 56.6 Å². The van der Waals surface area contributed by atoms with Gasteiger partial charge in [-0.3, -0.25) is 4.79 Å². The number of carbonyl (C=O) groups is 2. The van der Waals surface area contributed by atoms with E-state index in [-0.39, 0.29) is 36.1 Å². The number of rotatable bonds is 11. The first-order valence-corrected chi connectivity index (χ1v) is 12.1. The van der Waals surface area contributed by atoms with Crippen molar-refractivity contribution < 1.29 is 33.0 Å². The Bertz CT molecular complexity index is 1120. The predicted molar refractivity (Wildman–Crippen MR) is 138 cm³/mol. The number of carbonyl (C=O) groups excluding carboxylic acids is 1. The molecule has 1 heterocycles. The molecule has 0 spiro atoms. The zero-order valence-corrected chi connectivity index (χ0v) is 21.1. The molecule has 0 bridgehead atoms. The summed E-state index contributed by atoms with van der Waals surface area (Å²) in [4.78, 5) is 26.2. The first kappa shape index (κ1) is 28.1. The van der Waals surface area contributed by atoms with Gasteiger partial charge in [0.05, 0.1) is 30.1 Å². The number of ether oxygens (including phenoxy) is 2. The van der Waals surface area contributed by atoms with Crippen LogP contribution in [0.2, 0.25) is 0 Å². The van der Waals surface area contributed by atoms with Crippen molar-refractivity contribution in [3.05, 3.63) is 65.7 Å². The van der Waals surface area contributed by atoms with Gasteiger partial charge in [0, 0.05) is 38.8 Å². The van der Waals surface area contributed by atoms with Crippen molar-refractivity contribution in [2.45, 2.75) is 38.1 Å². The monoisotopic (exact) mass is 517 g/mol. The lowest BCUT2D eigenvalue weighted by atomic mass is 9.94. The van der Waals surface area contributed by atoms with Crippen LogP contribution in [0.15, 0.2) is 43.0 Å². The van der Waals surface area contributed by atoms with Crippen LogP contribution < -0.4 is 15.5 Å². The molecule has 2 aromatic carbocycles. The number of nitrogens with one attached hydrogen (secondary N) is 2. The van der Waals surface area contributed by atoms with E-state index >= 15 is 4.39 Å². The summed E-state index contributed by atoms with van der Waals surface area (Å²) in [5, 5.41) is 14.5. The fourth-order valence-corrected chi connectivity index (χ4v) is 4.48. The molecule has 2 amide bonds. The highest BCUT2D eigenvalue weighted by molar-refractivity contribution is 6.02. The zero-order valence-electron chi connectivity index (χ0n) is 21.1. The van der Waals surface area contributed by atoms with Crippen LogP contribution in [0, 0.1) is 18.6 Å². The second-order valence-corrected chi connectivity index (χ2v) is 9.00. The van der Waals surface area contributed by atoms with Crippen LogP contribution in [0.1, 0.15) is 36.3 Å². The van der Waals surface area contributed by atoms with Crippen LogP contribution in [0.3, 0.4) is 0 Å². The van der Waals surface area contributed by atoms with Gasteiger partial charge >= 0.3 is 12.0 Å². The van der Waals surface area contributed by atoms with E-state index in [0.29, 0.717) is 43.7 Å². The molecule has 3 N–H and O–H groups in total. The van der Waals surface area contributed by atoms with Gasteiger partial charge in [-0.1, -0.05) is 12.1 Å². The first-order chi connectivity index (χ1) is 17.7. The standard InChI is InChI=1S/C27H33F2N3O5/c1-4-9-32(20-7-10-37-11-8-20)26-22(29)13-18(19(16-36-3)15-25(33)34)14-24(26)31-27(35)30-23-6-5-17(2)12-21(23)28/h4-6,12-14,19-20H,1,7-11,15-16H2,2-3H3,(H,33,34)(H2,30,31,35). The molecule has 3 rings (SSSR count). The summed E-state index contributed by atoms with van der Waals surface area (Å²) in [6.07, 6.45) is 2.66. The van der Waals surface area contributed by atoms with E-state index in [0.717, 1.165) is 0 Å². The maximum atomic E-state index is 15.8. The largest absolute Gasteiger partial charge is 0.481 e. The normalized spacial score (nSPS) is 14.6. The Kier molecular flexibility index (Phi) is 9.99. The minimum atomic E-state index is -1.07. The lowest BCUT2D eigenvalue weighted by Crippen LogP contribution is -2.41. The molecule has 1 fully saturated rings. The lowest BCUT2D eigenvalue weighted by Gasteiger charge is -2.37. The third-order valence-electron chi connectivity index (χ3n) is 6.21. The Balaban J connectivity index is 2.04. The van der Waals surface area contributed by atoms with E-state index < -0.39 is 29.6 Å². The van der Waals surface area contributed by atoms with Crippen molar-refractivity contribution in [1.82, 2.24) is 0 Å². The third kappa shape index (κ3) is 7.50. The molecule has 1 aliphatic rings. The number of urea groups is 1. The average Bonchev–Trinajstić information content (AvgIpc) is 2.84. The molecule has 0 aliphatic carbocycles. The van der Waals surface area contributed by atoms with Crippen molar-refractivity contribution in [3.63, 3.8) is 0 Å². The Morgan fingerprint density at radius 3 is 2.51 bits per heavy atom. The lowest BCUT2D eigenvalue weighted by molar-refractivity contribution is -0.137. The maximum absolute atomic E-state index is 15.8. The second kappa shape index (κ2) is 13.2. The van der Waals surface area contributed by atoms with Gasteiger partial charge in [0.2, 0.25) is 0 Å². The van der Waals surface area contributed by atoms with Crippen LogP contribution in [0.4, 0.5) is 30.6 Å². The van der Waals surface area contributed by atoms with Crippen LogP contribution >= 0.6 is 0 Å². The van der Waals surface area contributed by atoms with Crippen molar-refractivity contribution >= 4 is 29.1 Å². The van der Waals surface area contributed by atoms with Gasteiger partial charge in [0.1, 0.15) is 11.6 Å². The van der Waals surface area contributed by atoms with Crippen molar-refractivity contribution in [2.75, 3.05) is 49.0 Å². The van der Waals surface area contributed by atoms with Gasteiger partial charge in [-0.05, 0) is 55.2 Å². The molecular weight excluding hydrogens is 484 g/mol. The third-order valence-corrected chi connectivity index (χ3v) is 6.21. The molecule has 0 aromatic heterocycles. The summed E-state index contributed by atoms with van der Waals surface area (Å²) in [5.41, 5.74) is 1.28. The molecule has 8 nitrogen and oxygen atoms in total. The molecule has 37 heavy (non-hydrogen) atoms. The van der Waals surface area contributed by atoms with Gasteiger partial charge in [-0.15, -0.1) is 6.58 Å². The molecule has 1 unspecified atom stereocenters. The fraction of sp³-hybridized carbons (Fsp3) is 0.407. The van der Waals surface area contributed by atoms with Gasteiger partial charge in [0.25, 0.3) is 0 Å². The molecule has 10 heteroatoms. The number of methoxy groups -OCH3 is 1. The predicted octanol–water partition coefficient (Wildman–Crippen LogP) is 5.29. The quantitative estimate of drug-likeness (QED) is 0.350. The Morgan fingerprint density at radius 1 is 1.19 bits per heavy atom. The number of anilines is 3. The summed E-state index contributed by atoms with van der Waals surface area (Å²) in [5.74, 6) is -2.95. The summed E-state index contributed by atoms with van der Waals surface area (Å²) >= 11 is 0. The van der Waals surface area contributed by atoms with E-state index in [9.17, 15) is 19.1 Å². The minimum absolute atomic E-state index is 0.0307. The molecule has 2 aromatic rings. The van der Waals surface area contributed by atoms with E-state index in [1.807, 2.05) is 4.90 Å². The van der Waals surface area contributed by atoms with Gasteiger partial charge in [-0.2, -0.15) is 0 Å². The molecule has 0 radical (unpaired) electrons. The summed E-state index contributed by atoms with van der Waals surface area (Å²) in [6, 6.07) is 6.37. The molecule has 200 valence electrons. The number of halogens is 2. The molecular formula is C27H33F2N3O5. The number of amides is 2. The number of carboxylic acid groups (broad SMARTS) is 1. The topological polar surface area (TPSA) is 100 Å². The van der Waals surface area contributed by atoms with Gasteiger partial charge in [0.15, 0.2) is 0 Å². The second-order valence-electron chi connectivity index (χ2n) is 9.00. The summed E-state index contributed by atoms with van der Waals surface area (Å²) in [6.45, 7) is 6.91. The zero-order chi connectivity index (χ0) is 26.9. The molecule has 1 saturated heterocycles. The highest BCUT2D eigenvalue weighted by Crippen LogP contribution is 2.37. The smallest absolute Gasteiger partial charge is 0.323 e. The van der Waals surface area contributed by atoms with Gasteiger partial charge in [-0.25, -0.2) is 13.6 Å². The summed E-state index contributed by atoms with van der Waals surface area (Å²) in [7, 11) is 1.43. The SMILES string of the molecule is C=CCN(c1c(F)cc(C(COC)CC(=O)O)cc1NC(=O)Nc1ccc(C)cc1F)C1CCOCC1. The van der Waals surface area contributed by atoms with E-state index in [4.69, 9.17) is 9.47 Å². The van der Waals surface area contributed by atoms with E-state index in [2.05, 4.69) is 17.2 Å². The molecule has 1 atom stereocenters. The Morgan fingerprint density at radius 2 is 1.89 bits per heavy atom. The van der Waals surface area contributed by atoms with Crippen LogP contribution in [0.5, 0.6) is 0 Å². The number of benzene rings is 2. The van der Waals surface area contributed by atoms with Crippen molar-refractivity contribution in [2.24, 2.45) is 0 Å². The van der Waals surface area contributed by atoms with Crippen molar-refractivity contribution in [3.8, 4) is 0 Å². The fourth-order valence-electron chi connectivity index (χ4n) is 4.48. The number of aliphatic carboxylic acids is 1. The number of hydrogen-bond acceptors (Lipinski definition) is 5. The van der Waals surface area contributed by atoms with Crippen LogP contribution in [-0.2, 0) is 14.3 Å². The maximum Gasteiger partial charge on any atom is 0.323 e. The Labute approximate surface area is 215 Å². The highest BCUT2D eigenvalue weighted by atomic mass is 19.1. The number of carboxylic acids is 1. The molecule has 0 saturated carbocycles. The van der Waals surface area contributed by atoms with E-state index in [1.54, 1.807) is 25.1 Å². The Hall–Kier alpha value is -3.50. The first-order valence-electron chi connectivity index (χ1n) is 12.1. The van der Waals surface area contributed by atoms with Crippen LogP contribution in [0.25, 0.3) is 0 Å². The highest BCUT2D eigenvalue weighted by Gasteiger charge is 2.28. The summed E-state index contributed by atoms with van der Waals surface area (Å²) < 4.78 is 40.8. The van der Waals surface area contributed by atoms with Gasteiger partial charge < -0.3 is 30.1 Å². The van der Waals surface area contributed by atoms with E-state index in [1.165, 1.54) is 25.3 Å². The number of nitrogens with zero attached hydrogens (tertiary/aromatic N) is 1. The van der Waals surface area contributed by atoms with Crippen molar-refractivity contribution in [1.29, 1.82) is 0 Å².